The van der Waals surface area contributed by atoms with E-state index in [1.54, 1.807) is 0 Å². The summed E-state index contributed by atoms with van der Waals surface area (Å²) in [5.41, 5.74) is 16.3. The Morgan fingerprint density at radius 3 is 1.76 bits per heavy atom. The van der Waals surface area contributed by atoms with Gasteiger partial charge in [-0.3, -0.25) is 0 Å². The molecule has 1 aliphatic rings. The van der Waals surface area contributed by atoms with Crippen LogP contribution in [0.5, 0.6) is 0 Å². The molecule has 0 fully saturated rings. The molecule has 0 saturated heterocycles. The molecule has 3 heterocycles. The molecule has 0 spiro atoms. The van der Waals surface area contributed by atoms with Crippen molar-refractivity contribution < 1.29 is 8.83 Å². The Labute approximate surface area is 381 Å². The van der Waals surface area contributed by atoms with E-state index in [-0.39, 0.29) is 5.41 Å². The fourth-order valence-electron chi connectivity index (χ4n) is 10.2. The number of anilines is 3. The van der Waals surface area contributed by atoms with E-state index in [4.69, 9.17) is 23.8 Å². The van der Waals surface area contributed by atoms with Crippen molar-refractivity contribution in [2.24, 2.45) is 0 Å². The molecule has 66 heavy (non-hydrogen) atoms. The first-order valence-electron chi connectivity index (χ1n) is 22.3. The molecule has 9 aromatic carbocycles. The lowest BCUT2D eigenvalue weighted by molar-refractivity contribution is 0.660. The first kappa shape index (κ1) is 37.9. The van der Waals surface area contributed by atoms with E-state index >= 15 is 0 Å². The minimum atomic E-state index is -0.156. The molecular weight excluding hydrogens is 809 g/mol. The van der Waals surface area contributed by atoms with Crippen molar-refractivity contribution in [1.29, 1.82) is 0 Å². The number of rotatable bonds is 7. The van der Waals surface area contributed by atoms with Gasteiger partial charge in [0.25, 0.3) is 0 Å². The molecule has 1 aliphatic carbocycles. The first-order chi connectivity index (χ1) is 32.5. The largest absolute Gasteiger partial charge is 0.456 e. The monoisotopic (exact) mass is 848 g/mol. The predicted octanol–water partition coefficient (Wildman–Crippen LogP) is 16.1. The number of aromatic nitrogens is 3. The number of benzene rings is 9. The topological polar surface area (TPSA) is 68.2 Å². The van der Waals surface area contributed by atoms with Gasteiger partial charge in [-0.2, -0.15) is 0 Å². The zero-order chi connectivity index (χ0) is 43.9. The Hall–Kier alpha value is -8.61. The summed E-state index contributed by atoms with van der Waals surface area (Å²) >= 11 is 0. The summed E-state index contributed by atoms with van der Waals surface area (Å²) in [7, 11) is 0. The van der Waals surface area contributed by atoms with Crippen molar-refractivity contribution in [2.45, 2.75) is 19.3 Å². The molecule has 12 aromatic rings. The van der Waals surface area contributed by atoms with Crippen LogP contribution in [0, 0.1) is 0 Å². The van der Waals surface area contributed by atoms with E-state index in [1.807, 2.05) is 84.9 Å². The van der Waals surface area contributed by atoms with Crippen LogP contribution in [0.1, 0.15) is 25.0 Å². The van der Waals surface area contributed by atoms with Crippen LogP contribution in [-0.2, 0) is 5.41 Å². The van der Waals surface area contributed by atoms with Crippen molar-refractivity contribution in [1.82, 2.24) is 15.0 Å². The highest BCUT2D eigenvalue weighted by Crippen LogP contribution is 2.55. The molecule has 0 aliphatic heterocycles. The van der Waals surface area contributed by atoms with E-state index in [0.717, 1.165) is 88.8 Å². The van der Waals surface area contributed by atoms with Gasteiger partial charge in [0, 0.05) is 54.9 Å². The first-order valence-corrected chi connectivity index (χ1v) is 22.3. The lowest BCUT2D eigenvalue weighted by Crippen LogP contribution is -2.16. The molecule has 0 atom stereocenters. The highest BCUT2D eigenvalue weighted by atomic mass is 16.3. The van der Waals surface area contributed by atoms with Crippen LogP contribution in [0.3, 0.4) is 0 Å². The van der Waals surface area contributed by atoms with Crippen LogP contribution in [0.15, 0.2) is 215 Å². The van der Waals surface area contributed by atoms with E-state index in [0.29, 0.717) is 17.5 Å². The van der Waals surface area contributed by atoms with Crippen LogP contribution in [0.4, 0.5) is 17.1 Å². The normalized spacial score (nSPS) is 12.8. The molecule has 312 valence electrons. The van der Waals surface area contributed by atoms with Gasteiger partial charge in [0.2, 0.25) is 0 Å². The highest BCUT2D eigenvalue weighted by Gasteiger charge is 2.38. The van der Waals surface area contributed by atoms with Crippen molar-refractivity contribution in [3.05, 3.63) is 217 Å². The molecule has 0 bridgehead atoms. The molecule has 3 aromatic heterocycles. The summed E-state index contributed by atoms with van der Waals surface area (Å²) in [5.74, 6) is 1.82. The van der Waals surface area contributed by atoms with E-state index in [9.17, 15) is 0 Å². The number of hydrogen-bond donors (Lipinski definition) is 0. The lowest BCUT2D eigenvalue weighted by atomic mass is 9.82. The van der Waals surface area contributed by atoms with Gasteiger partial charge in [0.05, 0.1) is 11.4 Å². The number of furan rings is 2. The molecule has 13 rings (SSSR count). The van der Waals surface area contributed by atoms with Gasteiger partial charge in [0.1, 0.15) is 16.7 Å². The fraction of sp³-hybridized carbons (Fsp3) is 0.0500. The minimum Gasteiger partial charge on any atom is -0.456 e. The minimum absolute atomic E-state index is 0.156. The van der Waals surface area contributed by atoms with Crippen molar-refractivity contribution in [3.63, 3.8) is 0 Å². The Balaban J connectivity index is 0.959. The third-order valence-corrected chi connectivity index (χ3v) is 13.3. The van der Waals surface area contributed by atoms with Gasteiger partial charge in [-0.15, -0.1) is 0 Å². The van der Waals surface area contributed by atoms with E-state index < -0.39 is 0 Å². The maximum Gasteiger partial charge on any atom is 0.164 e. The summed E-state index contributed by atoms with van der Waals surface area (Å²) < 4.78 is 13.3. The fourth-order valence-corrected chi connectivity index (χ4v) is 10.2. The molecule has 0 saturated carbocycles. The van der Waals surface area contributed by atoms with Crippen LogP contribution in [-0.4, -0.2) is 15.0 Å². The van der Waals surface area contributed by atoms with E-state index in [2.05, 4.69) is 140 Å². The van der Waals surface area contributed by atoms with Crippen LogP contribution < -0.4 is 4.90 Å². The number of fused-ring (bicyclic) bond motifs is 9. The zero-order valence-electron chi connectivity index (χ0n) is 36.2. The Morgan fingerprint density at radius 1 is 0.394 bits per heavy atom. The quantitative estimate of drug-likeness (QED) is 0.159. The highest BCUT2D eigenvalue weighted by molar-refractivity contribution is 6.13. The summed E-state index contributed by atoms with van der Waals surface area (Å²) in [4.78, 5) is 17.5. The van der Waals surface area contributed by atoms with Crippen molar-refractivity contribution >= 4 is 60.9 Å². The van der Waals surface area contributed by atoms with Crippen molar-refractivity contribution in [3.8, 4) is 56.4 Å². The average Bonchev–Trinajstić information content (AvgIpc) is 4.03. The summed E-state index contributed by atoms with van der Waals surface area (Å²) in [6.07, 6.45) is 0. The summed E-state index contributed by atoms with van der Waals surface area (Å²) in [5, 5.41) is 4.14. The van der Waals surface area contributed by atoms with E-state index in [1.165, 1.54) is 22.3 Å². The molecule has 0 N–H and O–H groups in total. The Morgan fingerprint density at radius 2 is 0.970 bits per heavy atom. The number of para-hydroxylation sites is 2. The average molecular weight is 849 g/mol. The zero-order valence-corrected chi connectivity index (χ0v) is 36.2. The van der Waals surface area contributed by atoms with Gasteiger partial charge < -0.3 is 13.7 Å². The van der Waals surface area contributed by atoms with Gasteiger partial charge in [-0.1, -0.05) is 172 Å². The van der Waals surface area contributed by atoms with Crippen LogP contribution in [0.25, 0.3) is 100 Å². The third-order valence-electron chi connectivity index (χ3n) is 13.3. The Bertz CT molecular complexity index is 3790. The Kier molecular flexibility index (Phi) is 8.46. The second-order valence-corrected chi connectivity index (χ2v) is 17.5. The van der Waals surface area contributed by atoms with Gasteiger partial charge in [-0.25, -0.2) is 15.0 Å². The lowest BCUT2D eigenvalue weighted by Gasteiger charge is -2.29. The number of nitrogens with zero attached hydrogens (tertiary/aromatic N) is 4. The smallest absolute Gasteiger partial charge is 0.164 e. The van der Waals surface area contributed by atoms with Gasteiger partial charge in [-0.05, 0) is 76.3 Å². The molecular formula is C60H40N4O2. The molecule has 0 unspecified atom stereocenters. The van der Waals surface area contributed by atoms with Gasteiger partial charge in [0.15, 0.2) is 23.1 Å². The maximum absolute atomic E-state index is 6.74. The van der Waals surface area contributed by atoms with Gasteiger partial charge >= 0.3 is 0 Å². The van der Waals surface area contributed by atoms with Crippen molar-refractivity contribution in [2.75, 3.05) is 4.90 Å². The second kappa shape index (κ2) is 14.7. The van der Waals surface area contributed by atoms with Crippen LogP contribution in [0.2, 0.25) is 0 Å². The summed E-state index contributed by atoms with van der Waals surface area (Å²) in [6, 6.07) is 71.9. The summed E-state index contributed by atoms with van der Waals surface area (Å²) in [6.45, 7) is 4.66. The molecule has 0 amide bonds. The third kappa shape index (κ3) is 5.92. The second-order valence-electron chi connectivity index (χ2n) is 17.5. The predicted molar refractivity (Wildman–Crippen MR) is 268 cm³/mol. The van der Waals surface area contributed by atoms with Crippen LogP contribution >= 0.6 is 0 Å². The molecule has 0 radical (unpaired) electrons. The molecule has 6 nitrogen and oxygen atoms in total. The standard InChI is InChI=1S/C60H40N4O2/c1-60(2)47-24-11-9-21-44(47)55-48(60)25-15-26-49(55)64(50-27-13-22-43-42-20-10-12-28-51(42)66-56(43)50)41-33-30-37(31-34-41)40-32-35-52-46(36-40)54-45(23-14-29-53(54)65-52)59-62-57(38-16-5-3-6-17-38)61-58(63-59)39-18-7-4-8-19-39/h3-36H,1-2H3. The SMILES string of the molecule is CC1(C)c2ccccc2-c2c(N(c3ccc(-c4ccc5oc6cccc(-c7nc(-c8ccccc8)nc(-c8ccccc8)n7)c6c5c4)cc3)c3cccc4c3oc3ccccc34)cccc21. The molecule has 6 heteroatoms. The maximum atomic E-state index is 6.74. The number of hydrogen-bond acceptors (Lipinski definition) is 6.